The molecule has 0 aromatic heterocycles. The van der Waals surface area contributed by atoms with E-state index >= 15 is 0 Å². The summed E-state index contributed by atoms with van der Waals surface area (Å²) in [5.41, 5.74) is 2.87. The van der Waals surface area contributed by atoms with Gasteiger partial charge in [0.1, 0.15) is 12.0 Å². The van der Waals surface area contributed by atoms with Gasteiger partial charge in [-0.1, -0.05) is 42.0 Å². The molecule has 0 bridgehead atoms. The molecule has 0 radical (unpaired) electrons. The van der Waals surface area contributed by atoms with E-state index in [0.717, 1.165) is 23.2 Å². The number of aryl methyl sites for hydroxylation is 1. The lowest BCUT2D eigenvalue weighted by atomic mass is 9.78. The summed E-state index contributed by atoms with van der Waals surface area (Å²) in [6.07, 6.45) is 1.74. The monoisotopic (exact) mass is 282 g/mol. The Hall–Kier alpha value is -2.09. The minimum atomic E-state index is -0.501. The van der Waals surface area contributed by atoms with Crippen LogP contribution in [0.25, 0.3) is 0 Å². The van der Waals surface area contributed by atoms with Crippen molar-refractivity contribution in [3.05, 3.63) is 65.2 Å². The largest absolute Gasteiger partial charge is 0.494 e. The fraction of sp³-hybridized carbons (Fsp3) is 0.316. The van der Waals surface area contributed by atoms with Gasteiger partial charge in [-0.05, 0) is 50.5 Å². The summed E-state index contributed by atoms with van der Waals surface area (Å²) in [6, 6.07) is 16.1. The summed E-state index contributed by atoms with van der Waals surface area (Å²) in [4.78, 5) is 11.7. The van der Waals surface area contributed by atoms with E-state index in [4.69, 9.17) is 4.74 Å². The fourth-order valence-corrected chi connectivity index (χ4v) is 2.51. The van der Waals surface area contributed by atoms with Crippen LogP contribution in [0.5, 0.6) is 5.75 Å². The smallest absolute Gasteiger partial charge is 0.130 e. The number of carbonyl (C=O) groups is 1. The van der Waals surface area contributed by atoms with Crippen LogP contribution >= 0.6 is 0 Å². The zero-order valence-electron chi connectivity index (χ0n) is 12.9. The molecule has 21 heavy (non-hydrogen) atoms. The Balaban J connectivity index is 2.23. The molecule has 0 aliphatic rings. The van der Waals surface area contributed by atoms with Gasteiger partial charge in [-0.25, -0.2) is 0 Å². The topological polar surface area (TPSA) is 26.3 Å². The third-order valence-corrected chi connectivity index (χ3v) is 3.74. The minimum Gasteiger partial charge on any atom is -0.494 e. The molecule has 0 saturated carbocycles. The Bertz CT molecular complexity index is 601. The molecule has 2 aromatic carbocycles. The van der Waals surface area contributed by atoms with Gasteiger partial charge in [0.25, 0.3) is 0 Å². The van der Waals surface area contributed by atoms with Gasteiger partial charge < -0.3 is 9.53 Å². The average molecular weight is 282 g/mol. The fourth-order valence-electron chi connectivity index (χ4n) is 2.51. The van der Waals surface area contributed by atoms with E-state index in [0.29, 0.717) is 13.0 Å². The van der Waals surface area contributed by atoms with Crippen LogP contribution in [0, 0.1) is 6.92 Å². The number of hydrogen-bond acceptors (Lipinski definition) is 2. The quantitative estimate of drug-likeness (QED) is 0.746. The van der Waals surface area contributed by atoms with Crippen molar-refractivity contribution in [1.29, 1.82) is 0 Å². The normalized spacial score (nSPS) is 13.5. The average Bonchev–Trinajstić information content (AvgIpc) is 2.49. The summed E-state index contributed by atoms with van der Waals surface area (Å²) < 4.78 is 5.45. The molecule has 0 fully saturated rings. The first-order valence-electron chi connectivity index (χ1n) is 7.32. The van der Waals surface area contributed by atoms with Crippen molar-refractivity contribution in [2.75, 3.05) is 6.61 Å². The van der Waals surface area contributed by atoms with Crippen LogP contribution in [0.3, 0.4) is 0 Å². The van der Waals surface area contributed by atoms with Gasteiger partial charge >= 0.3 is 0 Å². The molecule has 2 heteroatoms. The Morgan fingerprint density at radius 3 is 2.43 bits per heavy atom. The van der Waals surface area contributed by atoms with Crippen LogP contribution in [-0.4, -0.2) is 12.9 Å². The van der Waals surface area contributed by atoms with Crippen LogP contribution in [0.2, 0.25) is 0 Å². The highest BCUT2D eigenvalue weighted by Gasteiger charge is 2.26. The molecule has 0 aliphatic heterocycles. The molecule has 1 unspecified atom stereocenters. The van der Waals surface area contributed by atoms with Gasteiger partial charge in [0.2, 0.25) is 0 Å². The van der Waals surface area contributed by atoms with E-state index in [2.05, 4.69) is 6.07 Å². The van der Waals surface area contributed by atoms with E-state index in [9.17, 15) is 4.79 Å². The van der Waals surface area contributed by atoms with Crippen molar-refractivity contribution in [2.24, 2.45) is 0 Å². The van der Waals surface area contributed by atoms with E-state index in [1.165, 1.54) is 5.56 Å². The molecule has 0 saturated heterocycles. The lowest BCUT2D eigenvalue weighted by Crippen LogP contribution is -2.26. The molecule has 0 spiro atoms. The maximum Gasteiger partial charge on any atom is 0.130 e. The predicted molar refractivity (Wildman–Crippen MR) is 85.9 cm³/mol. The standard InChI is InChI=1S/C19H22O2/c1-4-21-18-10-8-16(9-11-18)13-19(3,14-20)17-7-5-6-15(2)12-17/h5-12,14H,4,13H2,1-3H3. The van der Waals surface area contributed by atoms with Crippen LogP contribution in [0.1, 0.15) is 30.5 Å². The molecule has 0 amide bonds. The molecule has 0 heterocycles. The first-order valence-corrected chi connectivity index (χ1v) is 7.32. The summed E-state index contributed by atoms with van der Waals surface area (Å²) in [7, 11) is 0. The van der Waals surface area contributed by atoms with Crippen LogP contribution in [-0.2, 0) is 16.6 Å². The van der Waals surface area contributed by atoms with Gasteiger partial charge in [-0.3, -0.25) is 0 Å². The molecular weight excluding hydrogens is 260 g/mol. The molecule has 2 aromatic rings. The van der Waals surface area contributed by atoms with E-state index in [1.807, 2.05) is 63.2 Å². The second kappa shape index (κ2) is 6.57. The number of aldehydes is 1. The number of rotatable bonds is 6. The van der Waals surface area contributed by atoms with Crippen LogP contribution < -0.4 is 4.74 Å². The van der Waals surface area contributed by atoms with Gasteiger partial charge in [-0.2, -0.15) is 0 Å². The Kier molecular flexibility index (Phi) is 4.79. The molecule has 0 aliphatic carbocycles. The summed E-state index contributed by atoms with van der Waals surface area (Å²) in [5, 5.41) is 0. The second-order valence-electron chi connectivity index (χ2n) is 5.66. The summed E-state index contributed by atoms with van der Waals surface area (Å²) in [6.45, 7) is 6.67. The second-order valence-corrected chi connectivity index (χ2v) is 5.66. The zero-order chi connectivity index (χ0) is 15.3. The van der Waals surface area contributed by atoms with E-state index in [1.54, 1.807) is 0 Å². The van der Waals surface area contributed by atoms with Crippen molar-refractivity contribution in [3.63, 3.8) is 0 Å². The van der Waals surface area contributed by atoms with Crippen molar-refractivity contribution in [1.82, 2.24) is 0 Å². The zero-order valence-corrected chi connectivity index (χ0v) is 12.9. The molecule has 2 nitrogen and oxygen atoms in total. The maximum absolute atomic E-state index is 11.7. The van der Waals surface area contributed by atoms with E-state index in [-0.39, 0.29) is 0 Å². The Morgan fingerprint density at radius 2 is 1.86 bits per heavy atom. The third kappa shape index (κ3) is 3.72. The molecule has 110 valence electrons. The Labute approximate surface area is 126 Å². The maximum atomic E-state index is 11.7. The van der Waals surface area contributed by atoms with Gasteiger partial charge in [0.15, 0.2) is 0 Å². The van der Waals surface area contributed by atoms with Gasteiger partial charge in [0.05, 0.1) is 12.0 Å². The van der Waals surface area contributed by atoms with Crippen LogP contribution in [0.15, 0.2) is 48.5 Å². The highest BCUT2D eigenvalue weighted by Crippen LogP contribution is 2.27. The highest BCUT2D eigenvalue weighted by atomic mass is 16.5. The molecule has 1 atom stereocenters. The van der Waals surface area contributed by atoms with Crippen molar-refractivity contribution in [2.45, 2.75) is 32.6 Å². The van der Waals surface area contributed by atoms with Crippen molar-refractivity contribution in [3.8, 4) is 5.75 Å². The van der Waals surface area contributed by atoms with Crippen molar-refractivity contribution >= 4 is 6.29 Å². The van der Waals surface area contributed by atoms with Gasteiger partial charge in [0, 0.05) is 0 Å². The predicted octanol–water partition coefficient (Wildman–Crippen LogP) is 4.09. The third-order valence-electron chi connectivity index (χ3n) is 3.74. The van der Waals surface area contributed by atoms with E-state index < -0.39 is 5.41 Å². The molecular formula is C19H22O2. The number of carbonyl (C=O) groups excluding carboxylic acids is 1. The minimum absolute atomic E-state index is 0.501. The first kappa shape index (κ1) is 15.3. The summed E-state index contributed by atoms with van der Waals surface area (Å²) in [5.74, 6) is 0.865. The Morgan fingerprint density at radius 1 is 1.14 bits per heavy atom. The highest BCUT2D eigenvalue weighted by molar-refractivity contribution is 5.69. The number of benzene rings is 2. The summed E-state index contributed by atoms with van der Waals surface area (Å²) >= 11 is 0. The van der Waals surface area contributed by atoms with Crippen LogP contribution in [0.4, 0.5) is 0 Å². The first-order chi connectivity index (χ1) is 10.1. The number of hydrogen-bond donors (Lipinski definition) is 0. The number of ether oxygens (including phenoxy) is 1. The van der Waals surface area contributed by atoms with Crippen molar-refractivity contribution < 1.29 is 9.53 Å². The van der Waals surface area contributed by atoms with Gasteiger partial charge in [-0.15, -0.1) is 0 Å². The molecule has 0 N–H and O–H groups in total. The molecule has 2 rings (SSSR count). The lowest BCUT2D eigenvalue weighted by Gasteiger charge is -2.24. The lowest BCUT2D eigenvalue weighted by molar-refractivity contribution is -0.112. The SMILES string of the molecule is CCOc1ccc(CC(C)(C=O)c2cccc(C)c2)cc1.